The van der Waals surface area contributed by atoms with Crippen molar-refractivity contribution in [3.05, 3.63) is 95.5 Å². The van der Waals surface area contributed by atoms with E-state index in [1.165, 1.54) is 12.1 Å². The van der Waals surface area contributed by atoms with Gasteiger partial charge in [-0.25, -0.2) is 4.39 Å². The van der Waals surface area contributed by atoms with Crippen LogP contribution in [0.15, 0.2) is 77.2 Å². The van der Waals surface area contributed by atoms with Gasteiger partial charge in [-0.05, 0) is 42.3 Å². The molecule has 0 atom stereocenters. The second-order valence-electron chi connectivity index (χ2n) is 6.48. The molecule has 0 radical (unpaired) electrons. The summed E-state index contributed by atoms with van der Waals surface area (Å²) in [6.45, 7) is 2.38. The lowest BCUT2D eigenvalue weighted by Crippen LogP contribution is -2.22. The van der Waals surface area contributed by atoms with E-state index in [2.05, 4.69) is 5.32 Å². The molecular weight excluding hydrogens is 341 g/mol. The van der Waals surface area contributed by atoms with Gasteiger partial charge in [-0.3, -0.25) is 4.79 Å². The maximum Gasteiger partial charge on any atom is 0.287 e. The van der Waals surface area contributed by atoms with Crippen molar-refractivity contribution in [3.8, 4) is 11.1 Å². The monoisotopic (exact) mass is 359 g/mol. The SMILES string of the molecule is Cc1ccc2oc(C(=O)NCc3ccccc3)c(-c3ccc(F)cc3)c2c1. The number of aryl methyl sites for hydroxylation is 1. The fourth-order valence-corrected chi connectivity index (χ4v) is 3.13. The molecule has 0 fully saturated rings. The summed E-state index contributed by atoms with van der Waals surface area (Å²) in [5.41, 5.74) is 4.11. The molecule has 1 heterocycles. The van der Waals surface area contributed by atoms with Crippen LogP contribution in [0, 0.1) is 12.7 Å². The smallest absolute Gasteiger partial charge is 0.287 e. The van der Waals surface area contributed by atoms with Gasteiger partial charge in [0.2, 0.25) is 5.76 Å². The molecule has 4 rings (SSSR count). The highest BCUT2D eigenvalue weighted by Gasteiger charge is 2.22. The van der Waals surface area contributed by atoms with Gasteiger partial charge >= 0.3 is 0 Å². The van der Waals surface area contributed by atoms with Gasteiger partial charge in [-0.2, -0.15) is 0 Å². The number of hydrogen-bond donors (Lipinski definition) is 1. The molecule has 0 bridgehead atoms. The van der Waals surface area contributed by atoms with E-state index >= 15 is 0 Å². The zero-order chi connectivity index (χ0) is 18.8. The van der Waals surface area contributed by atoms with Crippen LogP contribution in [0.25, 0.3) is 22.1 Å². The van der Waals surface area contributed by atoms with Crippen LogP contribution in [-0.4, -0.2) is 5.91 Å². The lowest BCUT2D eigenvalue weighted by Gasteiger charge is -2.06. The molecule has 0 aliphatic rings. The summed E-state index contributed by atoms with van der Waals surface area (Å²) in [7, 11) is 0. The maximum atomic E-state index is 13.4. The molecule has 1 N–H and O–H groups in total. The quantitative estimate of drug-likeness (QED) is 0.524. The first-order chi connectivity index (χ1) is 13.1. The Balaban J connectivity index is 1.76. The Bertz CT molecular complexity index is 1100. The molecule has 0 aliphatic heterocycles. The van der Waals surface area contributed by atoms with Gasteiger partial charge in [0.1, 0.15) is 11.4 Å². The summed E-state index contributed by atoms with van der Waals surface area (Å²) in [4.78, 5) is 12.9. The third-order valence-electron chi connectivity index (χ3n) is 4.48. The Morgan fingerprint density at radius 3 is 2.48 bits per heavy atom. The fraction of sp³-hybridized carbons (Fsp3) is 0.0870. The first-order valence-corrected chi connectivity index (χ1v) is 8.73. The zero-order valence-corrected chi connectivity index (χ0v) is 14.8. The lowest BCUT2D eigenvalue weighted by molar-refractivity contribution is 0.0926. The Hall–Kier alpha value is -3.40. The number of carbonyl (C=O) groups excluding carboxylic acids is 1. The van der Waals surface area contributed by atoms with E-state index in [1.807, 2.05) is 55.5 Å². The number of fused-ring (bicyclic) bond motifs is 1. The summed E-state index contributed by atoms with van der Waals surface area (Å²) >= 11 is 0. The van der Waals surface area contributed by atoms with Crippen LogP contribution >= 0.6 is 0 Å². The Labute approximate surface area is 156 Å². The van der Waals surface area contributed by atoms with E-state index in [0.29, 0.717) is 17.7 Å². The molecule has 0 saturated carbocycles. The van der Waals surface area contributed by atoms with E-state index in [1.54, 1.807) is 12.1 Å². The van der Waals surface area contributed by atoms with Crippen LogP contribution in [0.3, 0.4) is 0 Å². The predicted molar refractivity (Wildman–Crippen MR) is 104 cm³/mol. The number of amides is 1. The second-order valence-corrected chi connectivity index (χ2v) is 6.48. The Kier molecular flexibility index (Phi) is 4.47. The minimum Gasteiger partial charge on any atom is -0.450 e. The summed E-state index contributed by atoms with van der Waals surface area (Å²) < 4.78 is 19.3. The number of furan rings is 1. The van der Waals surface area contributed by atoms with Crippen LogP contribution < -0.4 is 5.32 Å². The summed E-state index contributed by atoms with van der Waals surface area (Å²) in [5.74, 6) is -0.386. The van der Waals surface area contributed by atoms with Crippen molar-refractivity contribution < 1.29 is 13.6 Å². The number of halogens is 1. The van der Waals surface area contributed by atoms with E-state index in [-0.39, 0.29) is 17.5 Å². The number of carbonyl (C=O) groups is 1. The van der Waals surface area contributed by atoms with Crippen molar-refractivity contribution in [2.24, 2.45) is 0 Å². The van der Waals surface area contributed by atoms with Crippen LogP contribution in [0.1, 0.15) is 21.7 Å². The number of nitrogens with one attached hydrogen (secondary N) is 1. The molecule has 0 unspecified atom stereocenters. The summed E-state index contributed by atoms with van der Waals surface area (Å²) in [6.07, 6.45) is 0. The zero-order valence-electron chi connectivity index (χ0n) is 14.8. The normalized spacial score (nSPS) is 10.9. The van der Waals surface area contributed by atoms with Gasteiger partial charge in [0, 0.05) is 17.5 Å². The van der Waals surface area contributed by atoms with Crippen LogP contribution in [0.4, 0.5) is 4.39 Å². The number of rotatable bonds is 4. The predicted octanol–water partition coefficient (Wildman–Crippen LogP) is 5.48. The third-order valence-corrected chi connectivity index (χ3v) is 4.48. The minimum absolute atomic E-state index is 0.234. The summed E-state index contributed by atoms with van der Waals surface area (Å²) in [5, 5.41) is 3.74. The summed E-state index contributed by atoms with van der Waals surface area (Å²) in [6, 6.07) is 21.5. The van der Waals surface area contributed by atoms with Crippen molar-refractivity contribution in [2.75, 3.05) is 0 Å². The highest BCUT2D eigenvalue weighted by molar-refractivity contribution is 6.08. The molecule has 0 spiro atoms. The maximum absolute atomic E-state index is 13.4. The molecule has 0 aliphatic carbocycles. The second kappa shape index (κ2) is 7.08. The van der Waals surface area contributed by atoms with E-state index < -0.39 is 0 Å². The number of benzene rings is 3. The van der Waals surface area contributed by atoms with E-state index in [9.17, 15) is 9.18 Å². The third kappa shape index (κ3) is 3.47. The molecule has 27 heavy (non-hydrogen) atoms. The number of hydrogen-bond acceptors (Lipinski definition) is 2. The highest BCUT2D eigenvalue weighted by Crippen LogP contribution is 2.35. The van der Waals surface area contributed by atoms with Crippen molar-refractivity contribution in [2.45, 2.75) is 13.5 Å². The van der Waals surface area contributed by atoms with Gasteiger partial charge < -0.3 is 9.73 Å². The molecular formula is C23H18FNO2. The molecule has 4 aromatic rings. The minimum atomic E-state index is -0.321. The highest BCUT2D eigenvalue weighted by atomic mass is 19.1. The van der Waals surface area contributed by atoms with E-state index in [0.717, 1.165) is 22.1 Å². The molecule has 0 saturated heterocycles. The van der Waals surface area contributed by atoms with Gasteiger partial charge in [-0.1, -0.05) is 54.1 Å². The molecule has 1 aromatic heterocycles. The molecule has 4 heteroatoms. The van der Waals surface area contributed by atoms with Crippen LogP contribution in [0.2, 0.25) is 0 Å². The fourth-order valence-electron chi connectivity index (χ4n) is 3.13. The lowest BCUT2D eigenvalue weighted by atomic mass is 10.0. The van der Waals surface area contributed by atoms with Gasteiger partial charge in [0.25, 0.3) is 5.91 Å². The first-order valence-electron chi connectivity index (χ1n) is 8.73. The molecule has 3 nitrogen and oxygen atoms in total. The van der Waals surface area contributed by atoms with Crippen molar-refractivity contribution in [1.29, 1.82) is 0 Å². The van der Waals surface area contributed by atoms with Gasteiger partial charge in [0.05, 0.1) is 0 Å². The van der Waals surface area contributed by atoms with E-state index in [4.69, 9.17) is 4.42 Å². The van der Waals surface area contributed by atoms with Crippen LogP contribution in [0.5, 0.6) is 0 Å². The van der Waals surface area contributed by atoms with Crippen LogP contribution in [-0.2, 0) is 6.54 Å². The standard InChI is InChI=1S/C23H18FNO2/c1-15-7-12-20-19(13-15)21(17-8-10-18(24)11-9-17)22(27-20)23(26)25-14-16-5-3-2-4-6-16/h2-13H,14H2,1H3,(H,25,26). The first kappa shape index (κ1) is 17.0. The topological polar surface area (TPSA) is 42.2 Å². The molecule has 3 aromatic carbocycles. The molecule has 1 amide bonds. The van der Waals surface area contributed by atoms with Gasteiger partial charge in [0.15, 0.2) is 0 Å². The van der Waals surface area contributed by atoms with Crippen molar-refractivity contribution >= 4 is 16.9 Å². The largest absolute Gasteiger partial charge is 0.450 e. The van der Waals surface area contributed by atoms with Crippen molar-refractivity contribution in [3.63, 3.8) is 0 Å². The Morgan fingerprint density at radius 2 is 1.74 bits per heavy atom. The van der Waals surface area contributed by atoms with Gasteiger partial charge in [-0.15, -0.1) is 0 Å². The van der Waals surface area contributed by atoms with Crippen molar-refractivity contribution in [1.82, 2.24) is 5.32 Å². The average Bonchev–Trinajstić information content (AvgIpc) is 3.06. The molecule has 134 valence electrons. The Morgan fingerprint density at radius 1 is 1.00 bits per heavy atom. The average molecular weight is 359 g/mol.